The van der Waals surface area contributed by atoms with Crippen LogP contribution in [0.15, 0.2) is 12.1 Å². The van der Waals surface area contributed by atoms with Gasteiger partial charge in [0.2, 0.25) is 0 Å². The van der Waals surface area contributed by atoms with E-state index in [1.165, 1.54) is 0 Å². The highest BCUT2D eigenvalue weighted by Crippen LogP contribution is 2.45. The van der Waals surface area contributed by atoms with Gasteiger partial charge in [-0.15, -0.1) is 0 Å². The Kier molecular flexibility index (Phi) is 3.82. The Hall–Kier alpha value is -1.32. The zero-order valence-corrected chi connectivity index (χ0v) is 13.1. The third kappa shape index (κ3) is 2.27. The maximum absolute atomic E-state index is 10.4. The van der Waals surface area contributed by atoms with Gasteiger partial charge in [-0.1, -0.05) is 11.6 Å². The van der Waals surface area contributed by atoms with E-state index in [1.807, 2.05) is 13.0 Å². The molecule has 2 heterocycles. The molecular formula is C16H19ClN2O3. The number of hydrogen-bond acceptors (Lipinski definition) is 5. The number of nitrogens with zero attached hydrogens (tertiary/aromatic N) is 2. The van der Waals surface area contributed by atoms with Crippen LogP contribution in [0.3, 0.4) is 0 Å². The highest BCUT2D eigenvalue weighted by Gasteiger charge is 2.51. The number of fused-ring (bicyclic) bond motifs is 2. The van der Waals surface area contributed by atoms with Crippen molar-refractivity contribution in [1.29, 1.82) is 5.26 Å². The van der Waals surface area contributed by atoms with Crippen LogP contribution in [0.4, 0.5) is 5.69 Å². The lowest BCUT2D eigenvalue weighted by molar-refractivity contribution is -0.0473. The number of aliphatic hydroxyl groups excluding tert-OH is 2. The molecule has 0 aromatic heterocycles. The number of halogens is 1. The fourth-order valence-electron chi connectivity index (χ4n) is 3.88. The van der Waals surface area contributed by atoms with Crippen LogP contribution < -0.4 is 4.90 Å². The van der Waals surface area contributed by atoms with E-state index in [0.29, 0.717) is 29.8 Å². The first-order valence-electron chi connectivity index (χ1n) is 7.39. The van der Waals surface area contributed by atoms with Crippen molar-refractivity contribution in [2.45, 2.75) is 50.0 Å². The number of piperidine rings is 1. The molecular weight excluding hydrogens is 304 g/mol. The summed E-state index contributed by atoms with van der Waals surface area (Å²) in [4.78, 5) is 2.09. The first-order chi connectivity index (χ1) is 10.4. The van der Waals surface area contributed by atoms with Crippen molar-refractivity contribution in [1.82, 2.24) is 0 Å². The molecule has 1 aromatic carbocycles. The second-order valence-electron chi connectivity index (χ2n) is 6.41. The van der Waals surface area contributed by atoms with Gasteiger partial charge in [0.25, 0.3) is 0 Å². The zero-order chi connectivity index (χ0) is 16.1. The quantitative estimate of drug-likeness (QED) is 0.765. The molecule has 22 heavy (non-hydrogen) atoms. The van der Waals surface area contributed by atoms with E-state index >= 15 is 0 Å². The highest BCUT2D eigenvalue weighted by atomic mass is 35.5. The number of rotatable bonds is 2. The van der Waals surface area contributed by atoms with Crippen LogP contribution in [-0.2, 0) is 0 Å². The zero-order valence-electron chi connectivity index (χ0n) is 12.3. The fourth-order valence-corrected chi connectivity index (χ4v) is 4.08. The Morgan fingerprint density at radius 1 is 1.45 bits per heavy atom. The van der Waals surface area contributed by atoms with Gasteiger partial charge in [0.1, 0.15) is 6.07 Å². The van der Waals surface area contributed by atoms with Crippen molar-refractivity contribution in [3.05, 3.63) is 28.3 Å². The van der Waals surface area contributed by atoms with Crippen molar-refractivity contribution < 1.29 is 15.3 Å². The second kappa shape index (κ2) is 5.39. The average Bonchev–Trinajstić information content (AvgIpc) is 2.70. The van der Waals surface area contributed by atoms with E-state index in [9.17, 15) is 15.3 Å². The SMILES string of the molecule is Cc1c(N2[C@H]3CC(O)[C@@H]2C[C@@](O)(CO)C3)ccc(C#N)c1Cl. The lowest BCUT2D eigenvalue weighted by Gasteiger charge is -2.45. The summed E-state index contributed by atoms with van der Waals surface area (Å²) in [5, 5.41) is 39.6. The predicted molar refractivity (Wildman–Crippen MR) is 82.9 cm³/mol. The molecule has 2 fully saturated rings. The Morgan fingerprint density at radius 3 is 2.77 bits per heavy atom. The molecule has 2 aliphatic heterocycles. The summed E-state index contributed by atoms with van der Waals surface area (Å²) in [6.45, 7) is 1.56. The third-order valence-electron chi connectivity index (χ3n) is 4.96. The first kappa shape index (κ1) is 15.6. The van der Waals surface area contributed by atoms with E-state index in [4.69, 9.17) is 16.9 Å². The maximum atomic E-state index is 10.4. The number of benzene rings is 1. The van der Waals surface area contributed by atoms with Gasteiger partial charge in [-0.05, 0) is 37.5 Å². The molecule has 2 saturated heterocycles. The molecule has 4 atom stereocenters. The van der Waals surface area contributed by atoms with Crippen LogP contribution in [0, 0.1) is 18.3 Å². The molecule has 0 aliphatic carbocycles. The van der Waals surface area contributed by atoms with Crippen LogP contribution in [0.25, 0.3) is 0 Å². The summed E-state index contributed by atoms with van der Waals surface area (Å²) >= 11 is 6.25. The number of anilines is 1. The molecule has 118 valence electrons. The van der Waals surface area contributed by atoms with E-state index in [1.54, 1.807) is 6.07 Å². The Morgan fingerprint density at radius 2 is 2.18 bits per heavy atom. The Labute approximate surface area is 134 Å². The molecule has 0 radical (unpaired) electrons. The summed E-state index contributed by atoms with van der Waals surface area (Å²) in [5.74, 6) is 0. The molecule has 1 aromatic rings. The highest BCUT2D eigenvalue weighted by molar-refractivity contribution is 6.32. The van der Waals surface area contributed by atoms with Crippen LogP contribution >= 0.6 is 11.6 Å². The molecule has 6 heteroatoms. The summed E-state index contributed by atoms with van der Waals surface area (Å²) in [6.07, 6.45) is 0.746. The lowest BCUT2D eigenvalue weighted by Crippen LogP contribution is -2.54. The number of nitriles is 1. The number of aliphatic hydroxyl groups is 3. The summed E-state index contributed by atoms with van der Waals surface area (Å²) in [7, 11) is 0. The van der Waals surface area contributed by atoms with Gasteiger partial charge in [0.15, 0.2) is 0 Å². The monoisotopic (exact) mass is 322 g/mol. The van der Waals surface area contributed by atoms with Crippen molar-refractivity contribution in [2.24, 2.45) is 0 Å². The molecule has 3 rings (SSSR count). The average molecular weight is 323 g/mol. The number of hydrogen-bond donors (Lipinski definition) is 3. The van der Waals surface area contributed by atoms with Crippen LogP contribution in [0.1, 0.15) is 30.4 Å². The molecule has 5 nitrogen and oxygen atoms in total. The van der Waals surface area contributed by atoms with Crippen molar-refractivity contribution in [3.8, 4) is 6.07 Å². The smallest absolute Gasteiger partial charge is 0.101 e. The van der Waals surface area contributed by atoms with E-state index in [2.05, 4.69) is 11.0 Å². The predicted octanol–water partition coefficient (Wildman–Crippen LogP) is 1.35. The van der Waals surface area contributed by atoms with Crippen molar-refractivity contribution in [3.63, 3.8) is 0 Å². The minimum atomic E-state index is -1.13. The first-order valence-corrected chi connectivity index (χ1v) is 7.77. The maximum Gasteiger partial charge on any atom is 0.101 e. The van der Waals surface area contributed by atoms with Gasteiger partial charge in [0.05, 0.1) is 34.9 Å². The van der Waals surface area contributed by atoms with Crippen molar-refractivity contribution >= 4 is 17.3 Å². The second-order valence-corrected chi connectivity index (χ2v) is 6.78. The van der Waals surface area contributed by atoms with Gasteiger partial charge in [-0.2, -0.15) is 5.26 Å². The van der Waals surface area contributed by atoms with Gasteiger partial charge in [-0.25, -0.2) is 0 Å². The molecule has 2 aliphatic rings. The third-order valence-corrected chi connectivity index (χ3v) is 5.45. The molecule has 0 amide bonds. The van der Waals surface area contributed by atoms with E-state index in [-0.39, 0.29) is 18.7 Å². The van der Waals surface area contributed by atoms with Crippen molar-refractivity contribution in [2.75, 3.05) is 11.5 Å². The van der Waals surface area contributed by atoms with E-state index in [0.717, 1.165) is 11.3 Å². The summed E-state index contributed by atoms with van der Waals surface area (Å²) in [6, 6.07) is 5.30. The normalized spacial score (nSPS) is 33.8. The molecule has 2 bridgehead atoms. The van der Waals surface area contributed by atoms with Gasteiger partial charge < -0.3 is 20.2 Å². The Balaban J connectivity index is 2.01. The van der Waals surface area contributed by atoms with Gasteiger partial charge in [0, 0.05) is 18.2 Å². The van der Waals surface area contributed by atoms with Crippen LogP contribution in [0.2, 0.25) is 5.02 Å². The van der Waals surface area contributed by atoms with Gasteiger partial charge >= 0.3 is 0 Å². The molecule has 0 saturated carbocycles. The topological polar surface area (TPSA) is 87.7 Å². The summed E-state index contributed by atoms with van der Waals surface area (Å²) in [5.41, 5.74) is 0.989. The lowest BCUT2D eigenvalue weighted by atomic mass is 9.86. The molecule has 1 unspecified atom stereocenters. The van der Waals surface area contributed by atoms with Gasteiger partial charge in [-0.3, -0.25) is 0 Å². The van der Waals surface area contributed by atoms with E-state index < -0.39 is 11.7 Å². The van der Waals surface area contributed by atoms with Crippen LogP contribution in [0.5, 0.6) is 0 Å². The minimum absolute atomic E-state index is 0.0476. The fraction of sp³-hybridized carbons (Fsp3) is 0.562. The Bertz CT molecular complexity index is 645. The minimum Gasteiger partial charge on any atom is -0.393 e. The molecule has 3 N–H and O–H groups in total. The van der Waals surface area contributed by atoms with Crippen LogP contribution in [-0.4, -0.2) is 45.7 Å². The largest absolute Gasteiger partial charge is 0.393 e. The standard InChI is InChI=1S/C16H19ClN2O3/c1-9-12(3-2-10(7-18)15(9)17)19-11-4-14(21)13(19)6-16(22,5-11)8-20/h2-3,11,13-14,20-22H,4-6,8H2,1H3/t11-,13-,14?,16+/m0/s1. The molecule has 0 spiro atoms. The summed E-state index contributed by atoms with van der Waals surface area (Å²) < 4.78 is 0.